The zero-order chi connectivity index (χ0) is 44.9. The first kappa shape index (κ1) is 26.3. The van der Waals surface area contributed by atoms with Gasteiger partial charge in [-0.25, -0.2) is 0 Å². The van der Waals surface area contributed by atoms with Crippen molar-refractivity contribution in [3.8, 4) is 55.6 Å². The second kappa shape index (κ2) is 15.0. The van der Waals surface area contributed by atoms with E-state index in [1.54, 1.807) is 24.3 Å². The summed E-state index contributed by atoms with van der Waals surface area (Å²) in [5.41, 5.74) is 6.34. The third-order valence-corrected chi connectivity index (χ3v) is 10.4. The summed E-state index contributed by atoms with van der Waals surface area (Å²) in [6.07, 6.45) is 0. The minimum absolute atomic E-state index is 0.104. The molecule has 0 N–H and O–H groups in total. The Hall–Kier alpha value is -7.48. The topological polar surface area (TPSA) is 3.24 Å². The van der Waals surface area contributed by atoms with Crippen LogP contribution in [-0.4, -0.2) is 0 Å². The molecule has 0 saturated carbocycles. The van der Waals surface area contributed by atoms with E-state index < -0.39 is 24.2 Å². The predicted molar refractivity (Wildman–Crippen MR) is 243 cm³/mol. The summed E-state index contributed by atoms with van der Waals surface area (Å²) < 4.78 is 77.2. The maximum atomic E-state index is 9.81. The van der Waals surface area contributed by atoms with Gasteiger partial charge in [0.15, 0.2) is 0 Å². The van der Waals surface area contributed by atoms with Crippen molar-refractivity contribution in [2.24, 2.45) is 0 Å². The quantitative estimate of drug-likeness (QED) is 0.150. The van der Waals surface area contributed by atoms with E-state index in [1.165, 1.54) is 4.90 Å². The number of anilines is 3. The molecule has 0 atom stereocenters. The van der Waals surface area contributed by atoms with Gasteiger partial charge in [-0.05, 0) is 120 Å². The van der Waals surface area contributed by atoms with Crippen LogP contribution in [0.2, 0.25) is 0 Å². The Morgan fingerprint density at radius 1 is 0.281 bits per heavy atom. The van der Waals surface area contributed by atoms with E-state index >= 15 is 0 Å². The molecule has 0 fully saturated rings. The van der Waals surface area contributed by atoms with Crippen molar-refractivity contribution in [2.45, 2.75) is 0 Å². The first-order chi connectivity index (χ1) is 31.6. The van der Waals surface area contributed by atoms with Crippen LogP contribution in [0.25, 0.3) is 77.2 Å². The SMILES string of the molecule is [2H]c1c([2H])c(N(c2cccc(-c3ccc4ccccc4c3)c2)c2c([2H])c([2H])c(-c3c(-c4ccccc4)ccc4ccccc34)c([2H])c2[2H])c([2H])c([2H])c1-c1ccc(-c2ccccc2)cc1. The number of nitrogens with zero attached hydrogens (tertiary/aromatic N) is 1. The highest BCUT2D eigenvalue weighted by molar-refractivity contribution is 6.04. The van der Waals surface area contributed by atoms with Gasteiger partial charge in [0.2, 0.25) is 0 Å². The van der Waals surface area contributed by atoms with E-state index in [1.807, 2.05) is 158 Å². The van der Waals surface area contributed by atoms with Crippen molar-refractivity contribution >= 4 is 38.6 Å². The lowest BCUT2D eigenvalue weighted by molar-refractivity contribution is 1.28. The molecule has 10 aromatic carbocycles. The second-order valence-electron chi connectivity index (χ2n) is 13.9. The van der Waals surface area contributed by atoms with Crippen LogP contribution < -0.4 is 4.90 Å². The van der Waals surface area contributed by atoms with Crippen molar-refractivity contribution in [3.63, 3.8) is 0 Å². The lowest BCUT2D eigenvalue weighted by atomic mass is 9.89. The Labute approximate surface area is 345 Å². The molecule has 0 spiro atoms. The maximum Gasteiger partial charge on any atom is 0.0645 e. The first-order valence-electron chi connectivity index (χ1n) is 22.9. The van der Waals surface area contributed by atoms with Gasteiger partial charge >= 0.3 is 0 Å². The van der Waals surface area contributed by atoms with Crippen LogP contribution in [0, 0.1) is 0 Å². The zero-order valence-corrected chi connectivity index (χ0v) is 30.8. The molecule has 0 radical (unpaired) electrons. The highest BCUT2D eigenvalue weighted by atomic mass is 15.1. The molecule has 57 heavy (non-hydrogen) atoms. The molecule has 0 aliphatic rings. The first-order valence-corrected chi connectivity index (χ1v) is 18.9. The number of hydrogen-bond acceptors (Lipinski definition) is 1. The van der Waals surface area contributed by atoms with Gasteiger partial charge < -0.3 is 4.90 Å². The monoisotopic (exact) mass is 733 g/mol. The molecule has 0 saturated heterocycles. The lowest BCUT2D eigenvalue weighted by Crippen LogP contribution is -2.10. The van der Waals surface area contributed by atoms with Crippen molar-refractivity contribution in [2.75, 3.05) is 4.90 Å². The third-order valence-electron chi connectivity index (χ3n) is 10.4. The fourth-order valence-corrected chi connectivity index (χ4v) is 7.53. The molecule has 10 aromatic rings. The highest BCUT2D eigenvalue weighted by Crippen LogP contribution is 2.42. The van der Waals surface area contributed by atoms with Crippen molar-refractivity contribution in [1.29, 1.82) is 0 Å². The van der Waals surface area contributed by atoms with Crippen molar-refractivity contribution in [1.82, 2.24) is 0 Å². The maximum absolute atomic E-state index is 9.81. The molecule has 0 bridgehead atoms. The van der Waals surface area contributed by atoms with E-state index in [4.69, 9.17) is 0 Å². The molecule has 1 nitrogen and oxygen atoms in total. The van der Waals surface area contributed by atoms with E-state index in [-0.39, 0.29) is 46.7 Å². The van der Waals surface area contributed by atoms with E-state index in [9.17, 15) is 11.0 Å². The van der Waals surface area contributed by atoms with E-state index in [0.717, 1.165) is 54.9 Å². The molecule has 0 amide bonds. The van der Waals surface area contributed by atoms with Gasteiger partial charge in [-0.1, -0.05) is 194 Å². The molecule has 0 aromatic heterocycles. The summed E-state index contributed by atoms with van der Waals surface area (Å²) in [4.78, 5) is 1.37. The standard InChI is InChI=1S/C56H39N/c1-3-12-40(13-4-1)42-22-24-43(25-23-42)44-28-33-51(34-29-44)57(53-20-11-19-49(39-53)50-27-26-41-14-7-8-18-48(41)38-50)52-35-30-47(31-36-52)56-54-21-10-9-17-46(54)32-37-55(56)45-15-5-2-6-16-45/h1-39H/i28D,29D,30D,31D,33D,34D,35D,36D. The van der Waals surface area contributed by atoms with Gasteiger partial charge in [-0.3, -0.25) is 0 Å². The van der Waals surface area contributed by atoms with Crippen molar-refractivity contribution < 1.29 is 11.0 Å². The molecular formula is C56H39N. The Kier molecular flexibility index (Phi) is 6.92. The molecule has 0 heterocycles. The number of rotatable bonds is 8. The zero-order valence-electron chi connectivity index (χ0n) is 38.8. The molecule has 1 heteroatoms. The molecule has 268 valence electrons. The van der Waals surface area contributed by atoms with Crippen LogP contribution in [0.3, 0.4) is 0 Å². The summed E-state index contributed by atoms with van der Waals surface area (Å²) in [7, 11) is 0. The second-order valence-corrected chi connectivity index (χ2v) is 13.9. The van der Waals surface area contributed by atoms with Crippen LogP contribution in [-0.2, 0) is 0 Å². The molecule has 0 unspecified atom stereocenters. The Bertz CT molecular complexity index is 3400. The third kappa shape index (κ3) is 6.77. The summed E-state index contributed by atoms with van der Waals surface area (Å²) >= 11 is 0. The molecular weight excluding hydrogens is 687 g/mol. The van der Waals surface area contributed by atoms with Crippen LogP contribution >= 0.6 is 0 Å². The number of benzene rings is 10. The van der Waals surface area contributed by atoms with Gasteiger partial charge in [0.25, 0.3) is 0 Å². The van der Waals surface area contributed by atoms with Gasteiger partial charge in [0.1, 0.15) is 0 Å². The van der Waals surface area contributed by atoms with E-state index in [0.29, 0.717) is 16.8 Å². The van der Waals surface area contributed by atoms with Gasteiger partial charge in [0.05, 0.1) is 11.0 Å². The van der Waals surface area contributed by atoms with Crippen molar-refractivity contribution in [3.05, 3.63) is 236 Å². The van der Waals surface area contributed by atoms with Crippen LogP contribution in [0.5, 0.6) is 0 Å². The summed E-state index contributed by atoms with van der Waals surface area (Å²) in [5.74, 6) is 0. The fraction of sp³-hybridized carbons (Fsp3) is 0. The van der Waals surface area contributed by atoms with Crippen LogP contribution in [0.4, 0.5) is 17.1 Å². The minimum atomic E-state index is -0.401. The minimum Gasteiger partial charge on any atom is -0.310 e. The van der Waals surface area contributed by atoms with E-state index in [2.05, 4.69) is 6.07 Å². The smallest absolute Gasteiger partial charge is 0.0645 e. The lowest BCUT2D eigenvalue weighted by Gasteiger charge is -2.27. The van der Waals surface area contributed by atoms with Gasteiger partial charge in [0, 0.05) is 17.1 Å². The highest BCUT2D eigenvalue weighted by Gasteiger charge is 2.17. The van der Waals surface area contributed by atoms with Crippen LogP contribution in [0.1, 0.15) is 11.0 Å². The van der Waals surface area contributed by atoms with Gasteiger partial charge in [-0.15, -0.1) is 0 Å². The number of hydrogen-bond donors (Lipinski definition) is 0. The number of fused-ring (bicyclic) bond motifs is 2. The summed E-state index contributed by atoms with van der Waals surface area (Å²) in [6.45, 7) is 0. The largest absolute Gasteiger partial charge is 0.310 e. The Balaban J connectivity index is 1.21. The van der Waals surface area contributed by atoms with Gasteiger partial charge in [-0.2, -0.15) is 0 Å². The average Bonchev–Trinajstić information content (AvgIpc) is 3.35. The average molecular weight is 734 g/mol. The molecule has 0 aliphatic carbocycles. The molecule has 0 aliphatic heterocycles. The molecule has 10 rings (SSSR count). The Morgan fingerprint density at radius 2 is 0.772 bits per heavy atom. The fourth-order valence-electron chi connectivity index (χ4n) is 7.53. The summed E-state index contributed by atoms with van der Waals surface area (Å²) in [5, 5.41) is 3.72. The Morgan fingerprint density at radius 3 is 1.47 bits per heavy atom. The summed E-state index contributed by atoms with van der Waals surface area (Å²) in [6, 6.07) is 57.0. The normalized spacial score (nSPS) is 13.1. The van der Waals surface area contributed by atoms with Crippen LogP contribution in [0.15, 0.2) is 236 Å². The predicted octanol–water partition coefficient (Wildman–Crippen LogP) is 15.8.